The van der Waals surface area contributed by atoms with Gasteiger partial charge < -0.3 is 9.26 Å². The van der Waals surface area contributed by atoms with Crippen molar-refractivity contribution in [3.05, 3.63) is 51.5 Å². The van der Waals surface area contributed by atoms with Gasteiger partial charge in [0.05, 0.1) is 27.5 Å². The molecule has 2 aromatic rings. The minimum atomic E-state index is -4.50. The average Bonchev–Trinajstić information content (AvgIpc) is 2.56. The van der Waals surface area contributed by atoms with E-state index in [2.05, 4.69) is 0 Å². The normalized spacial score (nSPS) is 12.9. The fraction of sp³-hybridized carbons (Fsp3) is 0.294. The molecule has 26 heavy (non-hydrogen) atoms. The molecule has 0 saturated heterocycles. The molecule has 142 valence electrons. The van der Waals surface area contributed by atoms with Gasteiger partial charge in [0.2, 0.25) is 8.03 Å². The minimum Gasteiger partial charge on any atom is -0.455 e. The van der Waals surface area contributed by atoms with Crippen molar-refractivity contribution >= 4 is 36.5 Å². The summed E-state index contributed by atoms with van der Waals surface area (Å²) in [6.07, 6.45) is -3.95. The summed E-state index contributed by atoms with van der Waals surface area (Å²) in [5, 5.41) is 0.384. The lowest BCUT2D eigenvalue weighted by atomic mass is 10.1. The molecule has 0 N–H and O–H groups in total. The average molecular weight is 427 g/mol. The number of hydrogen-bond donors (Lipinski definition) is 0. The standard InChI is InChI=1S/C17H16Cl2F3O3P/c1-3-10-7-13(19)16(26(23)24-4-2)9-15(10)25-14-6-5-11(8-12(14)18)17(20,21)22/h5-9,26H,3-4H2,1-2H3. The highest BCUT2D eigenvalue weighted by Gasteiger charge is 2.31. The monoisotopic (exact) mass is 426 g/mol. The van der Waals surface area contributed by atoms with Crippen LogP contribution < -0.4 is 10.0 Å². The summed E-state index contributed by atoms with van der Waals surface area (Å²) in [7, 11) is -2.57. The zero-order valence-corrected chi connectivity index (χ0v) is 16.4. The third-order valence-electron chi connectivity index (χ3n) is 3.51. The maximum atomic E-state index is 12.7. The molecule has 0 spiro atoms. The van der Waals surface area contributed by atoms with Crippen LogP contribution in [0.15, 0.2) is 30.3 Å². The molecule has 0 saturated carbocycles. The van der Waals surface area contributed by atoms with Crippen LogP contribution in [0.25, 0.3) is 0 Å². The van der Waals surface area contributed by atoms with Crippen LogP contribution in [0.2, 0.25) is 10.0 Å². The van der Waals surface area contributed by atoms with Crippen molar-refractivity contribution in [2.45, 2.75) is 26.4 Å². The molecule has 0 fully saturated rings. The highest BCUT2D eigenvalue weighted by atomic mass is 35.5. The number of aryl methyl sites for hydroxylation is 1. The third-order valence-corrected chi connectivity index (χ3v) is 5.68. The van der Waals surface area contributed by atoms with Gasteiger partial charge in [-0.3, -0.25) is 4.57 Å². The third kappa shape index (κ3) is 4.95. The minimum absolute atomic E-state index is 0.0544. The Balaban J connectivity index is 2.42. The van der Waals surface area contributed by atoms with E-state index >= 15 is 0 Å². The molecule has 3 nitrogen and oxygen atoms in total. The molecular weight excluding hydrogens is 411 g/mol. The van der Waals surface area contributed by atoms with E-state index in [9.17, 15) is 17.7 Å². The van der Waals surface area contributed by atoms with Crippen LogP contribution in [0.4, 0.5) is 13.2 Å². The topological polar surface area (TPSA) is 35.5 Å². The van der Waals surface area contributed by atoms with Gasteiger partial charge in [-0.15, -0.1) is 0 Å². The Hall–Kier alpha value is -1.20. The molecule has 0 aliphatic rings. The largest absolute Gasteiger partial charge is 0.455 e. The Kier molecular flexibility index (Phi) is 7.03. The molecule has 2 rings (SSSR count). The van der Waals surface area contributed by atoms with Crippen LogP contribution in [0, 0.1) is 0 Å². The Morgan fingerprint density at radius 2 is 1.73 bits per heavy atom. The van der Waals surface area contributed by atoms with Crippen LogP contribution in [-0.2, 0) is 21.7 Å². The van der Waals surface area contributed by atoms with Crippen molar-refractivity contribution in [2.24, 2.45) is 0 Å². The van der Waals surface area contributed by atoms with Gasteiger partial charge in [-0.2, -0.15) is 13.2 Å². The number of halogens is 5. The first-order valence-electron chi connectivity index (χ1n) is 7.71. The molecule has 0 bridgehead atoms. The van der Waals surface area contributed by atoms with E-state index in [0.717, 1.165) is 18.2 Å². The summed E-state index contributed by atoms with van der Waals surface area (Å²) in [6.45, 7) is 3.82. The fourth-order valence-corrected chi connectivity index (χ4v) is 3.78. The van der Waals surface area contributed by atoms with Gasteiger partial charge in [0.15, 0.2) is 0 Å². The predicted octanol–water partition coefficient (Wildman–Crippen LogP) is 6.50. The molecule has 0 heterocycles. The number of benzene rings is 2. The van der Waals surface area contributed by atoms with E-state index < -0.39 is 19.8 Å². The molecule has 0 aromatic heterocycles. The number of hydrogen-bond acceptors (Lipinski definition) is 3. The molecule has 1 atom stereocenters. The lowest BCUT2D eigenvalue weighted by Crippen LogP contribution is -2.06. The van der Waals surface area contributed by atoms with Gasteiger partial charge in [0.1, 0.15) is 11.5 Å². The van der Waals surface area contributed by atoms with Crippen molar-refractivity contribution in [1.29, 1.82) is 0 Å². The number of alkyl halides is 3. The van der Waals surface area contributed by atoms with E-state index in [4.69, 9.17) is 32.5 Å². The fourth-order valence-electron chi connectivity index (χ4n) is 2.21. The second-order valence-corrected chi connectivity index (χ2v) is 7.48. The Morgan fingerprint density at radius 3 is 2.27 bits per heavy atom. The lowest BCUT2D eigenvalue weighted by molar-refractivity contribution is -0.137. The zero-order valence-electron chi connectivity index (χ0n) is 13.9. The van der Waals surface area contributed by atoms with Crippen LogP contribution in [-0.4, -0.2) is 6.61 Å². The quantitative estimate of drug-likeness (QED) is 0.494. The molecule has 2 aromatic carbocycles. The SMILES string of the molecule is CCO[PH](=O)c1cc(Oc2ccc(C(F)(F)F)cc2Cl)c(CC)cc1Cl. The highest BCUT2D eigenvalue weighted by molar-refractivity contribution is 7.48. The van der Waals surface area contributed by atoms with Gasteiger partial charge in [0, 0.05) is 0 Å². The van der Waals surface area contributed by atoms with Gasteiger partial charge >= 0.3 is 6.18 Å². The van der Waals surface area contributed by atoms with Gasteiger partial charge in [-0.05, 0) is 49.2 Å². The van der Waals surface area contributed by atoms with E-state index in [1.807, 2.05) is 6.92 Å². The first kappa shape index (κ1) is 21.1. The Labute approximate surface area is 159 Å². The first-order valence-corrected chi connectivity index (χ1v) is 9.78. The number of ether oxygens (including phenoxy) is 1. The van der Waals surface area contributed by atoms with E-state index in [-0.39, 0.29) is 27.7 Å². The summed E-state index contributed by atoms with van der Waals surface area (Å²) in [5.74, 6) is 0.366. The van der Waals surface area contributed by atoms with E-state index in [1.54, 1.807) is 13.0 Å². The maximum absolute atomic E-state index is 12.7. The zero-order chi connectivity index (χ0) is 19.5. The van der Waals surface area contributed by atoms with Gasteiger partial charge in [-0.1, -0.05) is 30.1 Å². The van der Waals surface area contributed by atoms with E-state index in [0.29, 0.717) is 17.7 Å². The van der Waals surface area contributed by atoms with Crippen molar-refractivity contribution in [1.82, 2.24) is 0 Å². The van der Waals surface area contributed by atoms with Crippen molar-refractivity contribution in [3.63, 3.8) is 0 Å². The maximum Gasteiger partial charge on any atom is 0.416 e. The summed E-state index contributed by atoms with van der Waals surface area (Å²) in [4.78, 5) is 0. The Morgan fingerprint density at radius 1 is 1.04 bits per heavy atom. The van der Waals surface area contributed by atoms with Gasteiger partial charge in [-0.25, -0.2) is 0 Å². The van der Waals surface area contributed by atoms with Crippen LogP contribution in [0.5, 0.6) is 11.5 Å². The molecule has 1 unspecified atom stereocenters. The van der Waals surface area contributed by atoms with Crippen LogP contribution in [0.1, 0.15) is 25.0 Å². The summed E-state index contributed by atoms with van der Waals surface area (Å²) < 4.78 is 61.2. The molecule has 9 heteroatoms. The predicted molar refractivity (Wildman–Crippen MR) is 97.6 cm³/mol. The van der Waals surface area contributed by atoms with Crippen molar-refractivity contribution in [2.75, 3.05) is 6.61 Å². The van der Waals surface area contributed by atoms with Crippen LogP contribution in [0.3, 0.4) is 0 Å². The van der Waals surface area contributed by atoms with Gasteiger partial charge in [0.25, 0.3) is 0 Å². The summed E-state index contributed by atoms with van der Waals surface area (Å²) >= 11 is 12.1. The molecule has 0 radical (unpaired) electrons. The van der Waals surface area contributed by atoms with E-state index in [1.165, 1.54) is 6.07 Å². The first-order chi connectivity index (χ1) is 12.2. The molecule has 0 amide bonds. The van der Waals surface area contributed by atoms with Crippen LogP contribution >= 0.6 is 31.2 Å². The Bertz CT molecular complexity index is 826. The van der Waals surface area contributed by atoms with Crippen molar-refractivity contribution < 1.29 is 27.0 Å². The molecule has 0 aliphatic carbocycles. The summed E-state index contributed by atoms with van der Waals surface area (Å²) in [6, 6.07) is 5.90. The second-order valence-electron chi connectivity index (χ2n) is 5.26. The van der Waals surface area contributed by atoms with Crippen molar-refractivity contribution in [3.8, 4) is 11.5 Å². The number of rotatable bonds is 6. The lowest BCUT2D eigenvalue weighted by Gasteiger charge is -2.15. The summed E-state index contributed by atoms with van der Waals surface area (Å²) in [5.41, 5.74) is -0.176. The smallest absolute Gasteiger partial charge is 0.416 e. The second kappa shape index (κ2) is 8.66. The molecular formula is C17H16Cl2F3O3P. The molecule has 0 aliphatic heterocycles. The highest BCUT2D eigenvalue weighted by Crippen LogP contribution is 2.38.